The molecule has 2 aromatic rings. The van der Waals surface area contributed by atoms with E-state index in [-0.39, 0.29) is 0 Å². The normalized spacial score (nSPS) is 17.7. The quantitative estimate of drug-likeness (QED) is 0.831. The van der Waals surface area contributed by atoms with E-state index in [0.29, 0.717) is 0 Å². The van der Waals surface area contributed by atoms with Crippen LogP contribution in [0.1, 0.15) is 37.8 Å². The van der Waals surface area contributed by atoms with Gasteiger partial charge >= 0.3 is 0 Å². The minimum Gasteiger partial charge on any atom is -0.298 e. The van der Waals surface area contributed by atoms with Gasteiger partial charge in [0.1, 0.15) is 0 Å². The first kappa shape index (κ1) is 11.7. The Morgan fingerprint density at radius 1 is 1.33 bits per heavy atom. The maximum absolute atomic E-state index is 4.56. The molecule has 0 radical (unpaired) electrons. The topological polar surface area (TPSA) is 33.4 Å². The van der Waals surface area contributed by atoms with Gasteiger partial charge in [0.25, 0.3) is 0 Å². The highest BCUT2D eigenvalue weighted by Crippen LogP contribution is 2.22. The molecule has 1 aliphatic carbocycles. The maximum atomic E-state index is 4.56. The van der Waals surface area contributed by atoms with Crippen molar-refractivity contribution in [1.29, 1.82) is 0 Å². The molecule has 0 atom stereocenters. The van der Waals surface area contributed by atoms with Crippen molar-refractivity contribution in [2.75, 3.05) is 7.05 Å². The highest BCUT2D eigenvalue weighted by molar-refractivity contribution is 5.29. The Balaban J connectivity index is 1.71. The van der Waals surface area contributed by atoms with Crippen LogP contribution in [-0.4, -0.2) is 32.4 Å². The smallest absolute Gasteiger partial charge is 0.233 e. The summed E-state index contributed by atoms with van der Waals surface area (Å²) in [7, 11) is 2.22. The first-order valence-electron chi connectivity index (χ1n) is 6.82. The molecule has 0 unspecified atom stereocenters. The van der Waals surface area contributed by atoms with Crippen molar-refractivity contribution in [2.45, 2.75) is 44.7 Å². The van der Waals surface area contributed by atoms with Crippen molar-refractivity contribution in [2.24, 2.45) is 0 Å². The third-order valence-electron chi connectivity index (χ3n) is 3.89. The Morgan fingerprint density at radius 3 is 2.94 bits per heavy atom. The molecule has 18 heavy (non-hydrogen) atoms. The zero-order valence-electron chi connectivity index (χ0n) is 10.9. The van der Waals surface area contributed by atoms with E-state index >= 15 is 0 Å². The second kappa shape index (κ2) is 5.06. The summed E-state index contributed by atoms with van der Waals surface area (Å²) in [5.41, 5.74) is 1.11. The van der Waals surface area contributed by atoms with Gasteiger partial charge in [0.2, 0.25) is 5.78 Å². The van der Waals surface area contributed by atoms with Crippen LogP contribution >= 0.6 is 0 Å². The predicted octanol–water partition coefficient (Wildman–Crippen LogP) is 2.49. The summed E-state index contributed by atoms with van der Waals surface area (Å²) in [6.45, 7) is 0.925. The molecule has 4 heteroatoms. The van der Waals surface area contributed by atoms with Crippen molar-refractivity contribution < 1.29 is 0 Å². The van der Waals surface area contributed by atoms with E-state index in [1.807, 2.05) is 16.7 Å². The van der Waals surface area contributed by atoms with Crippen LogP contribution in [0.3, 0.4) is 0 Å². The van der Waals surface area contributed by atoms with E-state index < -0.39 is 0 Å². The van der Waals surface area contributed by atoms with Gasteiger partial charge in [-0.2, -0.15) is 0 Å². The summed E-state index contributed by atoms with van der Waals surface area (Å²) < 4.78 is 1.99. The standard InChI is InChI=1S/C14H20N4/c1-17(13-6-3-2-4-7-13)10-12-11-18-9-5-8-15-14(18)16-12/h5,8-9,11,13H,2-4,6-7,10H2,1H3. The molecule has 1 fully saturated rings. The molecule has 3 rings (SSSR count). The Bertz CT molecular complexity index is 480. The summed E-state index contributed by atoms with van der Waals surface area (Å²) >= 11 is 0. The van der Waals surface area contributed by atoms with Crippen molar-refractivity contribution in [3.63, 3.8) is 0 Å². The average Bonchev–Trinajstić information content (AvgIpc) is 2.82. The van der Waals surface area contributed by atoms with Crippen LogP contribution in [0.2, 0.25) is 0 Å². The highest BCUT2D eigenvalue weighted by Gasteiger charge is 2.18. The van der Waals surface area contributed by atoms with Gasteiger partial charge in [-0.05, 0) is 26.0 Å². The summed E-state index contributed by atoms with van der Waals surface area (Å²) in [5, 5.41) is 0. The first-order chi connectivity index (χ1) is 8.83. The molecular weight excluding hydrogens is 224 g/mol. The van der Waals surface area contributed by atoms with Gasteiger partial charge in [0.15, 0.2) is 0 Å². The SMILES string of the molecule is CN(Cc1cn2cccnc2n1)C1CCCCC1. The average molecular weight is 244 g/mol. The van der Waals surface area contributed by atoms with Crippen LogP contribution in [-0.2, 0) is 6.54 Å². The number of aromatic nitrogens is 3. The highest BCUT2D eigenvalue weighted by atomic mass is 15.2. The van der Waals surface area contributed by atoms with Crippen LogP contribution < -0.4 is 0 Å². The van der Waals surface area contributed by atoms with Crippen LogP contribution in [0.15, 0.2) is 24.7 Å². The Kier molecular flexibility index (Phi) is 3.28. The molecule has 0 saturated heterocycles. The molecular formula is C14H20N4. The molecule has 1 aliphatic rings. The lowest BCUT2D eigenvalue weighted by atomic mass is 9.94. The maximum Gasteiger partial charge on any atom is 0.233 e. The first-order valence-corrected chi connectivity index (χ1v) is 6.82. The van der Waals surface area contributed by atoms with Crippen LogP contribution in [0.25, 0.3) is 5.78 Å². The predicted molar refractivity (Wildman–Crippen MR) is 71.3 cm³/mol. The second-order valence-corrected chi connectivity index (χ2v) is 5.27. The number of fused-ring (bicyclic) bond motifs is 1. The van der Waals surface area contributed by atoms with Gasteiger partial charge in [-0.15, -0.1) is 0 Å². The minimum absolute atomic E-state index is 0.733. The van der Waals surface area contributed by atoms with Gasteiger partial charge in [0, 0.05) is 31.2 Å². The van der Waals surface area contributed by atoms with Crippen LogP contribution in [0, 0.1) is 0 Å². The number of hydrogen-bond donors (Lipinski definition) is 0. The van der Waals surface area contributed by atoms with E-state index in [9.17, 15) is 0 Å². The third-order valence-corrected chi connectivity index (χ3v) is 3.89. The van der Waals surface area contributed by atoms with Gasteiger partial charge in [-0.3, -0.25) is 9.30 Å². The van der Waals surface area contributed by atoms with Crippen molar-refractivity contribution >= 4 is 5.78 Å². The minimum atomic E-state index is 0.733. The van der Waals surface area contributed by atoms with Crippen molar-refractivity contribution in [3.05, 3.63) is 30.4 Å². The van der Waals surface area contributed by atoms with E-state index in [1.54, 1.807) is 6.20 Å². The molecule has 0 bridgehead atoms. The molecule has 0 aromatic carbocycles. The Labute approximate surface area is 108 Å². The largest absolute Gasteiger partial charge is 0.298 e. The summed E-state index contributed by atoms with van der Waals surface area (Å²) in [6.07, 6.45) is 12.7. The van der Waals surface area contributed by atoms with Crippen molar-refractivity contribution in [3.8, 4) is 0 Å². The summed E-state index contributed by atoms with van der Waals surface area (Å²) in [4.78, 5) is 11.3. The fraction of sp³-hybridized carbons (Fsp3) is 0.571. The van der Waals surface area contributed by atoms with E-state index in [2.05, 4.69) is 28.1 Å². The molecule has 0 N–H and O–H groups in total. The van der Waals surface area contributed by atoms with Gasteiger partial charge in [-0.25, -0.2) is 9.97 Å². The number of hydrogen-bond acceptors (Lipinski definition) is 3. The fourth-order valence-corrected chi connectivity index (χ4v) is 2.86. The Morgan fingerprint density at radius 2 is 2.17 bits per heavy atom. The monoisotopic (exact) mass is 244 g/mol. The molecule has 4 nitrogen and oxygen atoms in total. The zero-order chi connectivity index (χ0) is 12.4. The van der Waals surface area contributed by atoms with E-state index in [4.69, 9.17) is 0 Å². The van der Waals surface area contributed by atoms with Gasteiger partial charge in [0.05, 0.1) is 5.69 Å². The summed E-state index contributed by atoms with van der Waals surface area (Å²) in [6, 6.07) is 2.67. The molecule has 2 aromatic heterocycles. The molecule has 1 saturated carbocycles. The lowest BCUT2D eigenvalue weighted by Crippen LogP contribution is -2.32. The zero-order valence-corrected chi connectivity index (χ0v) is 10.9. The molecule has 2 heterocycles. The summed E-state index contributed by atoms with van der Waals surface area (Å²) in [5.74, 6) is 0.796. The van der Waals surface area contributed by atoms with Crippen LogP contribution in [0.4, 0.5) is 0 Å². The lowest BCUT2D eigenvalue weighted by Gasteiger charge is -2.30. The van der Waals surface area contributed by atoms with Crippen LogP contribution in [0.5, 0.6) is 0 Å². The molecule has 0 aliphatic heterocycles. The molecule has 0 spiro atoms. The number of imidazole rings is 1. The number of rotatable bonds is 3. The fourth-order valence-electron chi connectivity index (χ4n) is 2.86. The lowest BCUT2D eigenvalue weighted by molar-refractivity contribution is 0.183. The van der Waals surface area contributed by atoms with E-state index in [0.717, 1.165) is 24.1 Å². The van der Waals surface area contributed by atoms with Crippen molar-refractivity contribution in [1.82, 2.24) is 19.3 Å². The van der Waals surface area contributed by atoms with E-state index in [1.165, 1.54) is 32.1 Å². The number of nitrogens with zero attached hydrogens (tertiary/aromatic N) is 4. The molecule has 96 valence electrons. The van der Waals surface area contributed by atoms with Gasteiger partial charge < -0.3 is 0 Å². The molecule has 0 amide bonds. The Hall–Kier alpha value is -1.42. The second-order valence-electron chi connectivity index (χ2n) is 5.27. The van der Waals surface area contributed by atoms with Gasteiger partial charge in [-0.1, -0.05) is 19.3 Å². The third kappa shape index (κ3) is 2.38.